The lowest BCUT2D eigenvalue weighted by Gasteiger charge is -2.40. The topological polar surface area (TPSA) is 46.1 Å². The highest BCUT2D eigenvalue weighted by Gasteiger charge is 2.35. The van der Waals surface area contributed by atoms with Gasteiger partial charge < -0.3 is 19.7 Å². The van der Waals surface area contributed by atoms with Crippen molar-refractivity contribution >= 4 is 5.96 Å². The summed E-state index contributed by atoms with van der Waals surface area (Å²) in [5.74, 6) is 2.35. The molecule has 2 atom stereocenters. The van der Waals surface area contributed by atoms with Gasteiger partial charge in [0, 0.05) is 52.9 Å². The SMILES string of the molecule is CN=C(NCC1CCCOC1C(C)(C)C)N(C)CCC1CCOCC1. The first-order chi connectivity index (χ1) is 11.9. The Labute approximate surface area is 154 Å². The first-order valence-corrected chi connectivity index (χ1v) is 10.0. The van der Waals surface area contributed by atoms with Crippen molar-refractivity contribution in [2.75, 3.05) is 47.0 Å². The van der Waals surface area contributed by atoms with E-state index < -0.39 is 0 Å². The molecule has 0 aromatic heterocycles. The molecule has 2 aliphatic rings. The van der Waals surface area contributed by atoms with Crippen LogP contribution in [0, 0.1) is 17.3 Å². The summed E-state index contributed by atoms with van der Waals surface area (Å²) in [5, 5.41) is 3.60. The van der Waals surface area contributed by atoms with Gasteiger partial charge in [0.2, 0.25) is 0 Å². The summed E-state index contributed by atoms with van der Waals surface area (Å²) in [6.45, 7) is 11.6. The van der Waals surface area contributed by atoms with E-state index in [1.165, 1.54) is 25.7 Å². The Morgan fingerprint density at radius 3 is 2.52 bits per heavy atom. The number of nitrogens with zero attached hydrogens (tertiary/aromatic N) is 2. The van der Waals surface area contributed by atoms with E-state index in [-0.39, 0.29) is 5.41 Å². The number of guanidine groups is 1. The van der Waals surface area contributed by atoms with Crippen LogP contribution in [0.15, 0.2) is 4.99 Å². The largest absolute Gasteiger partial charge is 0.381 e. The summed E-state index contributed by atoms with van der Waals surface area (Å²) in [5.41, 5.74) is 0.186. The van der Waals surface area contributed by atoms with E-state index in [0.717, 1.165) is 51.2 Å². The Morgan fingerprint density at radius 2 is 1.88 bits per heavy atom. The zero-order valence-corrected chi connectivity index (χ0v) is 17.0. The molecule has 2 fully saturated rings. The molecule has 0 bridgehead atoms. The lowest BCUT2D eigenvalue weighted by Crippen LogP contribution is -2.48. The molecular formula is C20H39N3O2. The molecule has 0 spiro atoms. The predicted molar refractivity (Wildman–Crippen MR) is 104 cm³/mol. The maximum Gasteiger partial charge on any atom is 0.193 e. The first kappa shape index (κ1) is 20.5. The Kier molecular flexibility index (Phi) is 8.01. The van der Waals surface area contributed by atoms with Crippen molar-refractivity contribution in [1.29, 1.82) is 0 Å². The lowest BCUT2D eigenvalue weighted by atomic mass is 9.78. The van der Waals surface area contributed by atoms with Crippen molar-refractivity contribution in [2.45, 2.75) is 59.0 Å². The lowest BCUT2D eigenvalue weighted by molar-refractivity contribution is -0.0836. The average Bonchev–Trinajstić information content (AvgIpc) is 2.61. The molecule has 0 aromatic carbocycles. The van der Waals surface area contributed by atoms with Gasteiger partial charge in [0.1, 0.15) is 0 Å². The Hall–Kier alpha value is -0.810. The van der Waals surface area contributed by atoms with Crippen LogP contribution in [-0.2, 0) is 9.47 Å². The Bertz CT molecular complexity index is 414. The third kappa shape index (κ3) is 6.45. The van der Waals surface area contributed by atoms with Crippen LogP contribution in [0.4, 0.5) is 0 Å². The Morgan fingerprint density at radius 1 is 1.16 bits per heavy atom. The number of ether oxygens (including phenoxy) is 2. The summed E-state index contributed by atoms with van der Waals surface area (Å²) in [4.78, 5) is 6.76. The van der Waals surface area contributed by atoms with Crippen molar-refractivity contribution in [3.8, 4) is 0 Å². The van der Waals surface area contributed by atoms with Gasteiger partial charge in [-0.25, -0.2) is 0 Å². The zero-order chi connectivity index (χ0) is 18.3. The highest BCUT2D eigenvalue weighted by molar-refractivity contribution is 5.79. The quantitative estimate of drug-likeness (QED) is 0.609. The molecule has 1 N–H and O–H groups in total. The molecule has 5 nitrogen and oxygen atoms in total. The molecule has 25 heavy (non-hydrogen) atoms. The molecule has 2 saturated heterocycles. The van der Waals surface area contributed by atoms with Gasteiger partial charge in [-0.05, 0) is 43.4 Å². The van der Waals surface area contributed by atoms with Gasteiger partial charge >= 0.3 is 0 Å². The number of rotatable bonds is 5. The highest BCUT2D eigenvalue weighted by Crippen LogP contribution is 2.33. The molecule has 0 radical (unpaired) electrons. The average molecular weight is 354 g/mol. The monoisotopic (exact) mass is 353 g/mol. The molecule has 2 heterocycles. The zero-order valence-electron chi connectivity index (χ0n) is 17.0. The van der Waals surface area contributed by atoms with Crippen LogP contribution in [0.25, 0.3) is 0 Å². The highest BCUT2D eigenvalue weighted by atomic mass is 16.5. The smallest absolute Gasteiger partial charge is 0.193 e. The third-order valence-electron chi connectivity index (χ3n) is 5.61. The van der Waals surface area contributed by atoms with E-state index in [9.17, 15) is 0 Å². The first-order valence-electron chi connectivity index (χ1n) is 10.0. The number of hydrogen-bond donors (Lipinski definition) is 1. The summed E-state index contributed by atoms with van der Waals surface area (Å²) in [7, 11) is 4.03. The summed E-state index contributed by atoms with van der Waals surface area (Å²) in [6, 6.07) is 0. The van der Waals surface area contributed by atoms with Crippen LogP contribution in [0.1, 0.15) is 52.9 Å². The van der Waals surface area contributed by atoms with Crippen molar-refractivity contribution in [3.05, 3.63) is 0 Å². The molecule has 5 heteroatoms. The Balaban J connectivity index is 1.79. The van der Waals surface area contributed by atoms with E-state index in [1.54, 1.807) is 0 Å². The molecule has 0 aromatic rings. The summed E-state index contributed by atoms with van der Waals surface area (Å²) >= 11 is 0. The van der Waals surface area contributed by atoms with Crippen LogP contribution in [0.3, 0.4) is 0 Å². The van der Waals surface area contributed by atoms with Gasteiger partial charge in [-0.3, -0.25) is 4.99 Å². The molecule has 0 aliphatic carbocycles. The molecular weight excluding hydrogens is 314 g/mol. The van der Waals surface area contributed by atoms with E-state index in [4.69, 9.17) is 9.47 Å². The van der Waals surface area contributed by atoms with Crippen LogP contribution >= 0.6 is 0 Å². The van der Waals surface area contributed by atoms with Gasteiger partial charge in [0.25, 0.3) is 0 Å². The van der Waals surface area contributed by atoms with Crippen LogP contribution in [0.2, 0.25) is 0 Å². The van der Waals surface area contributed by atoms with E-state index in [1.807, 2.05) is 7.05 Å². The van der Waals surface area contributed by atoms with Gasteiger partial charge in [-0.15, -0.1) is 0 Å². The molecule has 2 rings (SSSR count). The van der Waals surface area contributed by atoms with Gasteiger partial charge in [-0.1, -0.05) is 20.8 Å². The van der Waals surface area contributed by atoms with Crippen LogP contribution in [0.5, 0.6) is 0 Å². The molecule has 2 unspecified atom stereocenters. The number of hydrogen-bond acceptors (Lipinski definition) is 3. The second-order valence-electron chi connectivity index (χ2n) is 8.75. The molecule has 2 aliphatic heterocycles. The fourth-order valence-corrected chi connectivity index (χ4v) is 4.13. The van der Waals surface area contributed by atoms with E-state index >= 15 is 0 Å². The maximum absolute atomic E-state index is 6.10. The fraction of sp³-hybridized carbons (Fsp3) is 0.950. The standard InChI is InChI=1S/C20H39N3O2/c1-20(2,3)18-17(7-6-12-25-18)15-22-19(21-4)23(5)11-8-16-9-13-24-14-10-16/h16-18H,6-15H2,1-5H3,(H,21,22). The third-order valence-corrected chi connectivity index (χ3v) is 5.61. The van der Waals surface area contributed by atoms with Gasteiger partial charge in [0.05, 0.1) is 6.10 Å². The number of aliphatic imine (C=N–C) groups is 1. The van der Waals surface area contributed by atoms with Crippen LogP contribution < -0.4 is 5.32 Å². The molecule has 0 saturated carbocycles. The second kappa shape index (κ2) is 9.77. The van der Waals surface area contributed by atoms with E-state index in [2.05, 4.69) is 43.0 Å². The van der Waals surface area contributed by atoms with Crippen molar-refractivity contribution in [3.63, 3.8) is 0 Å². The minimum absolute atomic E-state index is 0.186. The summed E-state index contributed by atoms with van der Waals surface area (Å²) < 4.78 is 11.6. The predicted octanol–water partition coefficient (Wildman–Crippen LogP) is 3.15. The molecule has 0 amide bonds. The van der Waals surface area contributed by atoms with E-state index in [0.29, 0.717) is 12.0 Å². The normalized spacial score (nSPS) is 26.5. The van der Waals surface area contributed by atoms with Crippen molar-refractivity contribution in [1.82, 2.24) is 10.2 Å². The maximum atomic E-state index is 6.10. The van der Waals surface area contributed by atoms with Crippen molar-refractivity contribution in [2.24, 2.45) is 22.2 Å². The molecule has 146 valence electrons. The van der Waals surface area contributed by atoms with Gasteiger partial charge in [-0.2, -0.15) is 0 Å². The van der Waals surface area contributed by atoms with Gasteiger partial charge in [0.15, 0.2) is 5.96 Å². The minimum Gasteiger partial charge on any atom is -0.381 e. The summed E-state index contributed by atoms with van der Waals surface area (Å²) in [6.07, 6.45) is 6.34. The number of nitrogens with one attached hydrogen (secondary N) is 1. The van der Waals surface area contributed by atoms with Crippen LogP contribution in [-0.4, -0.2) is 64.0 Å². The fourth-order valence-electron chi connectivity index (χ4n) is 4.13. The van der Waals surface area contributed by atoms with Crippen molar-refractivity contribution < 1.29 is 9.47 Å². The second-order valence-corrected chi connectivity index (χ2v) is 8.75. The minimum atomic E-state index is 0.186.